The monoisotopic (exact) mass is 312 g/mol. The average molecular weight is 313 g/mol. The minimum absolute atomic E-state index is 0.158. The van der Waals surface area contributed by atoms with Crippen molar-refractivity contribution >= 4 is 23.0 Å². The van der Waals surface area contributed by atoms with Crippen LogP contribution in [0.5, 0.6) is 0 Å². The molecule has 0 unspecified atom stereocenters. The molecule has 20 heavy (non-hydrogen) atoms. The Hall–Kier alpha value is -1.54. The molecule has 0 spiro atoms. The van der Waals surface area contributed by atoms with Gasteiger partial charge in [0.15, 0.2) is 0 Å². The molecule has 2 N–H and O–H groups in total. The molecule has 9 heteroatoms. The molecular formula is C11H12ClF3N2O3. The van der Waals surface area contributed by atoms with Crippen LogP contribution in [0.4, 0.5) is 24.5 Å². The summed E-state index contributed by atoms with van der Waals surface area (Å²) in [7, 11) is 0. The maximum atomic E-state index is 12.7. The summed E-state index contributed by atoms with van der Waals surface area (Å²) in [6.45, 7) is 1.40. The molecule has 0 aliphatic carbocycles. The first-order valence-electron chi connectivity index (χ1n) is 5.63. The van der Waals surface area contributed by atoms with Gasteiger partial charge in [0.2, 0.25) is 0 Å². The summed E-state index contributed by atoms with van der Waals surface area (Å²) in [5.41, 5.74) is -2.17. The number of alkyl halides is 3. The lowest BCUT2D eigenvalue weighted by Gasteiger charge is -2.17. The van der Waals surface area contributed by atoms with E-state index >= 15 is 0 Å². The maximum absolute atomic E-state index is 12.7. The number of rotatable bonds is 5. The Kier molecular flexibility index (Phi) is 5.18. The molecule has 0 aliphatic heterocycles. The van der Waals surface area contributed by atoms with E-state index in [-0.39, 0.29) is 12.3 Å². The lowest BCUT2D eigenvalue weighted by molar-refractivity contribution is -0.384. The molecule has 0 saturated carbocycles. The highest BCUT2D eigenvalue weighted by molar-refractivity contribution is 6.31. The van der Waals surface area contributed by atoms with Crippen LogP contribution in [0, 0.1) is 10.1 Å². The first kappa shape index (κ1) is 16.5. The summed E-state index contributed by atoms with van der Waals surface area (Å²) >= 11 is 5.52. The summed E-state index contributed by atoms with van der Waals surface area (Å²) in [6.07, 6.45) is -4.34. The summed E-state index contributed by atoms with van der Waals surface area (Å²) < 4.78 is 38.0. The number of nitrogens with zero attached hydrogens (tertiary/aromatic N) is 1. The molecule has 0 aliphatic rings. The van der Waals surface area contributed by atoms with Crippen molar-refractivity contribution in [1.29, 1.82) is 0 Å². The number of aliphatic hydroxyl groups is 1. The van der Waals surface area contributed by atoms with Crippen molar-refractivity contribution in [2.45, 2.75) is 25.6 Å². The predicted octanol–water partition coefficient (Wildman–Crippen LogP) is 3.45. The molecule has 0 bridgehead atoms. The minimum atomic E-state index is -4.78. The third-order valence-electron chi connectivity index (χ3n) is 2.66. The van der Waals surface area contributed by atoms with Crippen LogP contribution in [0.25, 0.3) is 0 Å². The maximum Gasteiger partial charge on any atom is 0.418 e. The molecule has 1 atom stereocenters. The van der Waals surface area contributed by atoms with Gasteiger partial charge in [-0.05, 0) is 12.5 Å². The second kappa shape index (κ2) is 6.27. The van der Waals surface area contributed by atoms with Gasteiger partial charge >= 0.3 is 6.18 Å². The third-order valence-corrected chi connectivity index (χ3v) is 2.97. The Balaban J connectivity index is 3.32. The SMILES string of the molecule is CC[C@H](CO)Nc1cc(Cl)c(C(F)(F)F)cc1[N+](=O)[O-]. The topological polar surface area (TPSA) is 75.4 Å². The Bertz CT molecular complexity index is 504. The normalized spacial score (nSPS) is 13.1. The van der Waals surface area contributed by atoms with Crippen molar-refractivity contribution in [3.05, 3.63) is 32.8 Å². The Morgan fingerprint density at radius 3 is 2.50 bits per heavy atom. The van der Waals surface area contributed by atoms with Crippen LogP contribution in [0.15, 0.2) is 12.1 Å². The number of halogens is 4. The number of aliphatic hydroxyl groups excluding tert-OH is 1. The molecule has 5 nitrogen and oxygen atoms in total. The van der Waals surface area contributed by atoms with E-state index in [2.05, 4.69) is 5.32 Å². The van der Waals surface area contributed by atoms with Gasteiger partial charge in [0.1, 0.15) is 5.69 Å². The molecular weight excluding hydrogens is 301 g/mol. The van der Waals surface area contributed by atoms with Gasteiger partial charge in [0.05, 0.1) is 22.1 Å². The highest BCUT2D eigenvalue weighted by Gasteiger charge is 2.36. The minimum Gasteiger partial charge on any atom is -0.394 e. The molecule has 1 aromatic rings. The van der Waals surface area contributed by atoms with E-state index in [4.69, 9.17) is 16.7 Å². The van der Waals surface area contributed by atoms with Gasteiger partial charge in [-0.2, -0.15) is 13.2 Å². The summed E-state index contributed by atoms with van der Waals surface area (Å²) in [5.74, 6) is 0. The first-order chi connectivity index (χ1) is 9.20. The molecule has 0 amide bonds. The number of nitrogens with one attached hydrogen (secondary N) is 1. The molecule has 112 valence electrons. The van der Waals surface area contributed by atoms with Gasteiger partial charge in [0, 0.05) is 12.1 Å². The van der Waals surface area contributed by atoms with Crippen LogP contribution in [0.2, 0.25) is 5.02 Å². The zero-order valence-electron chi connectivity index (χ0n) is 10.4. The Morgan fingerprint density at radius 1 is 1.50 bits per heavy atom. The molecule has 0 saturated heterocycles. The predicted molar refractivity (Wildman–Crippen MR) is 67.9 cm³/mol. The van der Waals surface area contributed by atoms with Gasteiger partial charge in [-0.1, -0.05) is 18.5 Å². The Labute approximate surface area is 117 Å². The van der Waals surface area contributed by atoms with E-state index in [0.717, 1.165) is 6.07 Å². The standard InChI is InChI=1S/C11H12ClF3N2O3/c1-2-6(5-18)16-9-4-8(12)7(11(13,14)15)3-10(9)17(19)20/h3-4,6,16,18H,2,5H2,1H3/t6-/m1/s1. The molecule has 0 fully saturated rings. The fraction of sp³-hybridized carbons (Fsp3) is 0.455. The smallest absolute Gasteiger partial charge is 0.394 e. The van der Waals surface area contributed by atoms with Crippen LogP contribution in [-0.4, -0.2) is 22.7 Å². The van der Waals surface area contributed by atoms with Gasteiger partial charge in [-0.15, -0.1) is 0 Å². The van der Waals surface area contributed by atoms with Crippen LogP contribution < -0.4 is 5.32 Å². The lowest BCUT2D eigenvalue weighted by atomic mass is 10.1. The number of hydrogen-bond donors (Lipinski definition) is 2. The Morgan fingerprint density at radius 2 is 2.10 bits per heavy atom. The number of anilines is 1. The zero-order valence-corrected chi connectivity index (χ0v) is 11.1. The highest BCUT2D eigenvalue weighted by atomic mass is 35.5. The van der Waals surface area contributed by atoms with Crippen molar-refractivity contribution in [2.24, 2.45) is 0 Å². The third kappa shape index (κ3) is 3.73. The van der Waals surface area contributed by atoms with Gasteiger partial charge < -0.3 is 10.4 Å². The molecule has 0 radical (unpaired) electrons. The van der Waals surface area contributed by atoms with Gasteiger partial charge in [-0.25, -0.2) is 0 Å². The number of hydrogen-bond acceptors (Lipinski definition) is 4. The number of benzene rings is 1. The van der Waals surface area contributed by atoms with Crippen molar-refractivity contribution in [1.82, 2.24) is 0 Å². The van der Waals surface area contributed by atoms with Crippen molar-refractivity contribution < 1.29 is 23.2 Å². The fourth-order valence-corrected chi connectivity index (χ4v) is 1.81. The fourth-order valence-electron chi connectivity index (χ4n) is 1.54. The number of nitro groups is 1. The second-order valence-corrected chi connectivity index (χ2v) is 4.44. The van der Waals surface area contributed by atoms with Crippen LogP contribution in [-0.2, 0) is 6.18 Å². The number of nitro benzene ring substituents is 1. The van der Waals surface area contributed by atoms with E-state index in [1.807, 2.05) is 0 Å². The average Bonchev–Trinajstić information content (AvgIpc) is 2.33. The first-order valence-corrected chi connectivity index (χ1v) is 6.01. The van der Waals surface area contributed by atoms with Crippen molar-refractivity contribution in [3.8, 4) is 0 Å². The molecule has 0 aromatic heterocycles. The van der Waals surface area contributed by atoms with E-state index in [1.54, 1.807) is 6.92 Å². The summed E-state index contributed by atoms with van der Waals surface area (Å²) in [4.78, 5) is 9.93. The van der Waals surface area contributed by atoms with E-state index < -0.39 is 33.4 Å². The van der Waals surface area contributed by atoms with E-state index in [0.29, 0.717) is 12.5 Å². The second-order valence-electron chi connectivity index (χ2n) is 4.04. The molecule has 1 rings (SSSR count). The summed E-state index contributed by atoms with van der Waals surface area (Å²) in [5, 5.41) is 21.9. The van der Waals surface area contributed by atoms with Crippen LogP contribution >= 0.6 is 11.6 Å². The van der Waals surface area contributed by atoms with Crippen LogP contribution in [0.3, 0.4) is 0 Å². The largest absolute Gasteiger partial charge is 0.418 e. The van der Waals surface area contributed by atoms with E-state index in [9.17, 15) is 23.3 Å². The van der Waals surface area contributed by atoms with Crippen molar-refractivity contribution in [3.63, 3.8) is 0 Å². The highest BCUT2D eigenvalue weighted by Crippen LogP contribution is 2.40. The molecule has 0 heterocycles. The quantitative estimate of drug-likeness (QED) is 0.645. The zero-order chi connectivity index (χ0) is 15.5. The summed E-state index contributed by atoms with van der Waals surface area (Å²) in [6, 6.07) is 0.719. The van der Waals surface area contributed by atoms with Gasteiger partial charge in [-0.3, -0.25) is 10.1 Å². The van der Waals surface area contributed by atoms with Crippen molar-refractivity contribution in [2.75, 3.05) is 11.9 Å². The molecule has 1 aromatic carbocycles. The lowest BCUT2D eigenvalue weighted by Crippen LogP contribution is -2.23. The van der Waals surface area contributed by atoms with Gasteiger partial charge in [0.25, 0.3) is 5.69 Å². The van der Waals surface area contributed by atoms with Crippen LogP contribution in [0.1, 0.15) is 18.9 Å². The van der Waals surface area contributed by atoms with E-state index in [1.165, 1.54) is 0 Å².